The topological polar surface area (TPSA) is 6.48 Å². The summed E-state index contributed by atoms with van der Waals surface area (Å²) in [5, 5.41) is 1.71. The Balaban J connectivity index is 1.62. The van der Waals surface area contributed by atoms with Crippen LogP contribution in [0.2, 0.25) is 5.02 Å². The SMILES string of the molecule is Clc1ccc(N2CCN(c3ccc(CBr)cc3)CC2)cc1. The normalized spacial score (nSPS) is 15.3. The average molecular weight is 366 g/mol. The molecule has 2 aromatic carbocycles. The molecule has 110 valence electrons. The van der Waals surface area contributed by atoms with Crippen LogP contribution >= 0.6 is 27.5 Å². The maximum absolute atomic E-state index is 5.95. The minimum Gasteiger partial charge on any atom is -0.368 e. The molecule has 3 rings (SSSR count). The quantitative estimate of drug-likeness (QED) is 0.736. The fourth-order valence-corrected chi connectivity index (χ4v) is 3.17. The number of alkyl halides is 1. The summed E-state index contributed by atoms with van der Waals surface area (Å²) in [5.74, 6) is 0. The Kier molecular flexibility index (Phi) is 4.71. The second-order valence-electron chi connectivity index (χ2n) is 5.25. The Hall–Kier alpha value is -1.19. The minimum atomic E-state index is 0.796. The van der Waals surface area contributed by atoms with Gasteiger partial charge in [0.05, 0.1) is 0 Å². The summed E-state index contributed by atoms with van der Waals surface area (Å²) < 4.78 is 0. The molecular weight excluding hydrogens is 348 g/mol. The van der Waals surface area contributed by atoms with Crippen LogP contribution in [0.5, 0.6) is 0 Å². The number of hydrogen-bond acceptors (Lipinski definition) is 2. The van der Waals surface area contributed by atoms with Gasteiger partial charge in [-0.2, -0.15) is 0 Å². The lowest BCUT2D eigenvalue weighted by Gasteiger charge is -2.37. The molecule has 0 aliphatic carbocycles. The zero-order valence-corrected chi connectivity index (χ0v) is 14.1. The number of hydrogen-bond donors (Lipinski definition) is 0. The molecule has 0 N–H and O–H groups in total. The summed E-state index contributed by atoms with van der Waals surface area (Å²) in [6, 6.07) is 16.9. The number of anilines is 2. The number of halogens is 2. The molecule has 4 heteroatoms. The van der Waals surface area contributed by atoms with Gasteiger partial charge in [-0.25, -0.2) is 0 Å². The van der Waals surface area contributed by atoms with Gasteiger partial charge in [-0.1, -0.05) is 39.7 Å². The van der Waals surface area contributed by atoms with Crippen molar-refractivity contribution in [1.29, 1.82) is 0 Å². The van der Waals surface area contributed by atoms with Gasteiger partial charge in [0.2, 0.25) is 0 Å². The Morgan fingerprint density at radius 2 is 1.19 bits per heavy atom. The number of piperazine rings is 1. The first-order chi connectivity index (χ1) is 10.3. The first-order valence-corrected chi connectivity index (χ1v) is 8.66. The molecule has 0 bridgehead atoms. The fraction of sp³-hybridized carbons (Fsp3) is 0.294. The Morgan fingerprint density at radius 3 is 1.62 bits per heavy atom. The molecular formula is C17H18BrClN2. The predicted octanol–water partition coefficient (Wildman–Crippen LogP) is 4.56. The largest absolute Gasteiger partial charge is 0.368 e. The smallest absolute Gasteiger partial charge is 0.0407 e. The molecule has 21 heavy (non-hydrogen) atoms. The molecule has 0 atom stereocenters. The van der Waals surface area contributed by atoms with Gasteiger partial charge in [-0.15, -0.1) is 0 Å². The van der Waals surface area contributed by atoms with Crippen LogP contribution in [0.1, 0.15) is 5.56 Å². The van der Waals surface area contributed by atoms with E-state index in [1.807, 2.05) is 12.1 Å². The molecule has 0 saturated carbocycles. The van der Waals surface area contributed by atoms with Crippen molar-refractivity contribution in [2.45, 2.75) is 5.33 Å². The summed E-state index contributed by atoms with van der Waals surface area (Å²) in [5.41, 5.74) is 3.89. The summed E-state index contributed by atoms with van der Waals surface area (Å²) in [6.07, 6.45) is 0. The second-order valence-corrected chi connectivity index (χ2v) is 6.25. The van der Waals surface area contributed by atoms with E-state index in [0.717, 1.165) is 36.5 Å². The van der Waals surface area contributed by atoms with Crippen molar-refractivity contribution in [2.75, 3.05) is 36.0 Å². The van der Waals surface area contributed by atoms with Crippen LogP contribution in [-0.4, -0.2) is 26.2 Å². The van der Waals surface area contributed by atoms with Crippen LogP contribution < -0.4 is 9.80 Å². The van der Waals surface area contributed by atoms with Crippen LogP contribution in [-0.2, 0) is 5.33 Å². The molecule has 1 heterocycles. The molecule has 1 fully saturated rings. The van der Waals surface area contributed by atoms with Crippen LogP contribution in [0.4, 0.5) is 11.4 Å². The first kappa shape index (κ1) is 14.7. The van der Waals surface area contributed by atoms with E-state index < -0.39 is 0 Å². The second kappa shape index (κ2) is 6.71. The molecule has 0 unspecified atom stereocenters. The first-order valence-electron chi connectivity index (χ1n) is 7.16. The van der Waals surface area contributed by atoms with Crippen LogP contribution in [0.25, 0.3) is 0 Å². The van der Waals surface area contributed by atoms with E-state index in [1.165, 1.54) is 16.9 Å². The molecule has 1 aliphatic rings. The van der Waals surface area contributed by atoms with Crippen molar-refractivity contribution in [2.24, 2.45) is 0 Å². The summed E-state index contributed by atoms with van der Waals surface area (Å²) in [4.78, 5) is 4.87. The van der Waals surface area contributed by atoms with E-state index in [1.54, 1.807) is 0 Å². The molecule has 1 aliphatic heterocycles. The van der Waals surface area contributed by atoms with Gasteiger partial charge < -0.3 is 9.80 Å². The van der Waals surface area contributed by atoms with Gasteiger partial charge in [0.25, 0.3) is 0 Å². The highest BCUT2D eigenvalue weighted by molar-refractivity contribution is 9.08. The Labute approximate surface area is 139 Å². The standard InChI is InChI=1S/C17H18BrClN2/c18-13-14-1-5-16(6-2-14)20-9-11-21(12-10-20)17-7-3-15(19)4-8-17/h1-8H,9-13H2. The van der Waals surface area contributed by atoms with Crippen LogP contribution in [0, 0.1) is 0 Å². The third-order valence-corrected chi connectivity index (χ3v) is 4.83. The Bertz CT molecular complexity index is 575. The van der Waals surface area contributed by atoms with Crippen LogP contribution in [0.15, 0.2) is 48.5 Å². The number of benzene rings is 2. The van der Waals surface area contributed by atoms with E-state index in [4.69, 9.17) is 11.6 Å². The summed E-state index contributed by atoms with van der Waals surface area (Å²) in [6.45, 7) is 4.19. The van der Waals surface area contributed by atoms with Crippen molar-refractivity contribution >= 4 is 38.9 Å². The van der Waals surface area contributed by atoms with Gasteiger partial charge in [0.15, 0.2) is 0 Å². The molecule has 2 nitrogen and oxygen atoms in total. The fourth-order valence-electron chi connectivity index (χ4n) is 2.67. The van der Waals surface area contributed by atoms with Crippen molar-refractivity contribution in [3.63, 3.8) is 0 Å². The summed E-state index contributed by atoms with van der Waals surface area (Å²) >= 11 is 9.44. The molecule has 1 saturated heterocycles. The maximum Gasteiger partial charge on any atom is 0.0407 e. The lowest BCUT2D eigenvalue weighted by Crippen LogP contribution is -2.46. The lowest BCUT2D eigenvalue weighted by atomic mass is 10.2. The highest BCUT2D eigenvalue weighted by Crippen LogP contribution is 2.22. The monoisotopic (exact) mass is 364 g/mol. The number of rotatable bonds is 3. The molecule has 0 aromatic heterocycles. The third kappa shape index (κ3) is 3.53. The molecule has 0 amide bonds. The van der Waals surface area contributed by atoms with Crippen molar-refractivity contribution in [3.8, 4) is 0 Å². The van der Waals surface area contributed by atoms with E-state index in [-0.39, 0.29) is 0 Å². The van der Waals surface area contributed by atoms with E-state index in [2.05, 4.69) is 62.1 Å². The van der Waals surface area contributed by atoms with E-state index in [0.29, 0.717) is 0 Å². The van der Waals surface area contributed by atoms with Gasteiger partial charge in [0, 0.05) is 47.9 Å². The van der Waals surface area contributed by atoms with Crippen LogP contribution in [0.3, 0.4) is 0 Å². The van der Waals surface area contributed by atoms with Crippen molar-refractivity contribution < 1.29 is 0 Å². The zero-order valence-electron chi connectivity index (χ0n) is 11.8. The molecule has 2 aromatic rings. The molecule has 0 spiro atoms. The number of nitrogens with zero attached hydrogens (tertiary/aromatic N) is 2. The zero-order chi connectivity index (χ0) is 14.7. The van der Waals surface area contributed by atoms with E-state index in [9.17, 15) is 0 Å². The minimum absolute atomic E-state index is 0.796. The maximum atomic E-state index is 5.95. The predicted molar refractivity (Wildman–Crippen MR) is 95.0 cm³/mol. The third-order valence-electron chi connectivity index (χ3n) is 3.93. The highest BCUT2D eigenvalue weighted by Gasteiger charge is 2.17. The molecule has 0 radical (unpaired) electrons. The van der Waals surface area contributed by atoms with Gasteiger partial charge in [0.1, 0.15) is 0 Å². The average Bonchev–Trinajstić information content (AvgIpc) is 2.56. The van der Waals surface area contributed by atoms with Gasteiger partial charge >= 0.3 is 0 Å². The van der Waals surface area contributed by atoms with Gasteiger partial charge in [-0.3, -0.25) is 0 Å². The highest BCUT2D eigenvalue weighted by atomic mass is 79.9. The Morgan fingerprint density at radius 1 is 0.762 bits per heavy atom. The van der Waals surface area contributed by atoms with Crippen molar-refractivity contribution in [3.05, 3.63) is 59.1 Å². The van der Waals surface area contributed by atoms with Crippen molar-refractivity contribution in [1.82, 2.24) is 0 Å². The van der Waals surface area contributed by atoms with E-state index >= 15 is 0 Å². The lowest BCUT2D eigenvalue weighted by molar-refractivity contribution is 0.653. The van der Waals surface area contributed by atoms with Gasteiger partial charge in [-0.05, 0) is 42.0 Å². The summed E-state index contributed by atoms with van der Waals surface area (Å²) in [7, 11) is 0.